The van der Waals surface area contributed by atoms with E-state index in [1.807, 2.05) is 4.57 Å². The van der Waals surface area contributed by atoms with Crippen LogP contribution in [0.5, 0.6) is 0 Å². The molecule has 124 valence electrons. The van der Waals surface area contributed by atoms with Crippen LogP contribution in [0.1, 0.15) is 25.7 Å². The van der Waals surface area contributed by atoms with Crippen molar-refractivity contribution in [3.05, 3.63) is 30.3 Å². The number of piperidine rings is 1. The number of nitrogens with zero attached hydrogens (tertiary/aromatic N) is 2. The van der Waals surface area contributed by atoms with Gasteiger partial charge in [0.2, 0.25) is 0 Å². The Labute approximate surface area is 141 Å². The summed E-state index contributed by atoms with van der Waals surface area (Å²) in [6, 6.07) is 4.90. The number of aliphatic hydroxyl groups is 1. The van der Waals surface area contributed by atoms with Crippen LogP contribution in [-0.2, 0) is 6.54 Å². The maximum atomic E-state index is 13.1. The van der Waals surface area contributed by atoms with Crippen molar-refractivity contribution in [1.29, 1.82) is 0 Å². The second-order valence-corrected chi connectivity index (χ2v) is 5.48. The number of fused-ring (bicyclic) bond motifs is 1. The van der Waals surface area contributed by atoms with Crippen molar-refractivity contribution in [1.82, 2.24) is 14.9 Å². The summed E-state index contributed by atoms with van der Waals surface area (Å²) in [6.45, 7) is 1.84. The first-order valence-corrected chi connectivity index (χ1v) is 7.26. The predicted octanol–water partition coefficient (Wildman–Crippen LogP) is 2.91. The second-order valence-electron chi connectivity index (χ2n) is 5.48. The molecule has 2 N–H and O–H groups in total. The summed E-state index contributed by atoms with van der Waals surface area (Å²) in [6.07, 6.45) is 5.40. The van der Waals surface area contributed by atoms with Crippen LogP contribution in [0.15, 0.2) is 24.5 Å². The normalized spacial score (nSPS) is 21.2. The molecule has 1 fully saturated rings. The number of aryl methyl sites for hydroxylation is 1. The zero-order valence-electron chi connectivity index (χ0n) is 12.2. The van der Waals surface area contributed by atoms with Gasteiger partial charge in [-0.05, 0) is 44.4 Å². The van der Waals surface area contributed by atoms with Gasteiger partial charge in [0, 0.05) is 18.7 Å². The number of hydrogen-bond donors (Lipinski definition) is 2. The predicted molar refractivity (Wildman–Crippen MR) is 90.5 cm³/mol. The van der Waals surface area contributed by atoms with Gasteiger partial charge in [-0.3, -0.25) is 0 Å². The van der Waals surface area contributed by atoms with Crippen LogP contribution in [0.4, 0.5) is 4.39 Å². The SMILES string of the molecule is Cl.Cl.O[C@H]1CCCN[C@@H]1CCCn1cnc2cc(F)ccc21. The fourth-order valence-electron chi connectivity index (χ4n) is 2.93. The van der Waals surface area contributed by atoms with E-state index < -0.39 is 0 Å². The summed E-state index contributed by atoms with van der Waals surface area (Å²) in [5, 5.41) is 13.3. The summed E-state index contributed by atoms with van der Waals surface area (Å²) < 4.78 is 15.1. The molecule has 1 aliphatic rings. The monoisotopic (exact) mass is 349 g/mol. The summed E-state index contributed by atoms with van der Waals surface area (Å²) in [5.41, 5.74) is 1.66. The minimum Gasteiger partial charge on any atom is -0.392 e. The molecule has 2 heterocycles. The Bertz CT molecular complexity index is 593. The smallest absolute Gasteiger partial charge is 0.125 e. The van der Waals surface area contributed by atoms with Crippen LogP contribution in [0.25, 0.3) is 11.0 Å². The van der Waals surface area contributed by atoms with E-state index in [4.69, 9.17) is 0 Å². The molecule has 1 aliphatic heterocycles. The molecule has 0 bridgehead atoms. The van der Waals surface area contributed by atoms with Gasteiger partial charge in [-0.25, -0.2) is 9.37 Å². The van der Waals surface area contributed by atoms with Gasteiger partial charge in [-0.1, -0.05) is 0 Å². The van der Waals surface area contributed by atoms with Crippen molar-refractivity contribution in [3.8, 4) is 0 Å². The fourth-order valence-corrected chi connectivity index (χ4v) is 2.93. The van der Waals surface area contributed by atoms with Crippen molar-refractivity contribution < 1.29 is 9.50 Å². The van der Waals surface area contributed by atoms with Crippen LogP contribution in [0.3, 0.4) is 0 Å². The first-order chi connectivity index (χ1) is 9.74. The third-order valence-electron chi connectivity index (χ3n) is 4.04. The Morgan fingerprint density at radius 2 is 2.18 bits per heavy atom. The fraction of sp³-hybridized carbons (Fsp3) is 0.533. The van der Waals surface area contributed by atoms with Crippen molar-refractivity contribution in [2.45, 2.75) is 44.4 Å². The van der Waals surface area contributed by atoms with E-state index in [0.717, 1.165) is 44.3 Å². The molecule has 1 aromatic heterocycles. The van der Waals surface area contributed by atoms with E-state index >= 15 is 0 Å². The van der Waals surface area contributed by atoms with Crippen molar-refractivity contribution in [3.63, 3.8) is 0 Å². The molecule has 0 aliphatic carbocycles. The summed E-state index contributed by atoms with van der Waals surface area (Å²) >= 11 is 0. The van der Waals surface area contributed by atoms with E-state index in [1.165, 1.54) is 12.1 Å². The largest absolute Gasteiger partial charge is 0.392 e. The number of benzene rings is 1. The Hall–Kier alpha value is -0.880. The molecule has 0 spiro atoms. The van der Waals surface area contributed by atoms with Gasteiger partial charge in [0.25, 0.3) is 0 Å². The molecule has 4 nitrogen and oxygen atoms in total. The molecule has 0 unspecified atom stereocenters. The second kappa shape index (κ2) is 8.67. The highest BCUT2D eigenvalue weighted by Gasteiger charge is 2.21. The zero-order valence-corrected chi connectivity index (χ0v) is 13.9. The van der Waals surface area contributed by atoms with Crippen molar-refractivity contribution in [2.24, 2.45) is 0 Å². The number of aliphatic hydroxyl groups excluding tert-OH is 1. The standard InChI is InChI=1S/C15H20FN3O.2ClH/c16-11-5-6-14-13(9-11)18-10-19(14)8-2-3-12-15(20)4-1-7-17-12;;/h5-6,9-10,12,15,17,20H,1-4,7-8H2;2*1H/t12-,15+;;/m1../s1. The van der Waals surface area contributed by atoms with Gasteiger partial charge in [0.15, 0.2) is 0 Å². The number of aromatic nitrogens is 2. The number of hydrogen-bond acceptors (Lipinski definition) is 3. The summed E-state index contributed by atoms with van der Waals surface area (Å²) in [4.78, 5) is 4.22. The molecule has 2 aromatic rings. The van der Waals surface area contributed by atoms with Crippen LogP contribution >= 0.6 is 24.8 Å². The van der Waals surface area contributed by atoms with Gasteiger partial charge in [0.05, 0.1) is 23.5 Å². The highest BCUT2D eigenvalue weighted by molar-refractivity contribution is 5.85. The molecule has 7 heteroatoms. The van der Waals surface area contributed by atoms with Crippen LogP contribution < -0.4 is 5.32 Å². The third-order valence-corrected chi connectivity index (χ3v) is 4.04. The molecule has 2 atom stereocenters. The topological polar surface area (TPSA) is 50.1 Å². The zero-order chi connectivity index (χ0) is 13.9. The first kappa shape index (κ1) is 19.2. The van der Waals surface area contributed by atoms with Crippen LogP contribution in [-0.4, -0.2) is 33.3 Å². The van der Waals surface area contributed by atoms with E-state index in [9.17, 15) is 9.50 Å². The van der Waals surface area contributed by atoms with E-state index in [0.29, 0.717) is 5.52 Å². The summed E-state index contributed by atoms with van der Waals surface area (Å²) in [5.74, 6) is -0.253. The minimum absolute atomic E-state index is 0. The lowest BCUT2D eigenvalue weighted by Gasteiger charge is -2.29. The average Bonchev–Trinajstić information content (AvgIpc) is 2.83. The van der Waals surface area contributed by atoms with E-state index in [1.54, 1.807) is 12.4 Å². The highest BCUT2D eigenvalue weighted by atomic mass is 35.5. The van der Waals surface area contributed by atoms with E-state index in [2.05, 4.69) is 10.3 Å². The molecule has 0 amide bonds. The Balaban J connectivity index is 0.00000121. The third kappa shape index (κ3) is 4.32. The molecular weight excluding hydrogens is 328 g/mol. The Kier molecular flexibility index (Phi) is 7.56. The molecular formula is C15H22Cl2FN3O. The average molecular weight is 350 g/mol. The molecule has 0 saturated carbocycles. The van der Waals surface area contributed by atoms with Gasteiger partial charge in [-0.2, -0.15) is 0 Å². The quantitative estimate of drug-likeness (QED) is 0.892. The number of imidazole rings is 1. The number of halogens is 3. The maximum absolute atomic E-state index is 13.1. The van der Waals surface area contributed by atoms with E-state index in [-0.39, 0.29) is 42.8 Å². The number of rotatable bonds is 4. The molecule has 0 radical (unpaired) electrons. The maximum Gasteiger partial charge on any atom is 0.125 e. The van der Waals surface area contributed by atoms with Gasteiger partial charge < -0.3 is 15.0 Å². The van der Waals surface area contributed by atoms with Gasteiger partial charge in [0.1, 0.15) is 5.82 Å². The molecule has 22 heavy (non-hydrogen) atoms. The Morgan fingerprint density at radius 1 is 1.36 bits per heavy atom. The number of nitrogens with one attached hydrogen (secondary N) is 1. The van der Waals surface area contributed by atoms with Crippen molar-refractivity contribution >= 4 is 35.8 Å². The lowest BCUT2D eigenvalue weighted by Crippen LogP contribution is -2.44. The lowest BCUT2D eigenvalue weighted by atomic mass is 9.97. The first-order valence-electron chi connectivity index (χ1n) is 7.26. The van der Waals surface area contributed by atoms with Crippen molar-refractivity contribution in [2.75, 3.05) is 6.54 Å². The van der Waals surface area contributed by atoms with Gasteiger partial charge >= 0.3 is 0 Å². The summed E-state index contributed by atoms with van der Waals surface area (Å²) in [7, 11) is 0. The lowest BCUT2D eigenvalue weighted by molar-refractivity contribution is 0.0909. The molecule has 3 rings (SSSR count). The molecule has 1 aromatic carbocycles. The minimum atomic E-state index is -0.253. The molecule has 1 saturated heterocycles. The highest BCUT2D eigenvalue weighted by Crippen LogP contribution is 2.17. The Morgan fingerprint density at radius 3 is 2.95 bits per heavy atom. The van der Waals surface area contributed by atoms with Crippen LogP contribution in [0.2, 0.25) is 0 Å². The van der Waals surface area contributed by atoms with Gasteiger partial charge in [-0.15, -0.1) is 24.8 Å². The van der Waals surface area contributed by atoms with Crippen LogP contribution in [0, 0.1) is 5.82 Å².